The van der Waals surface area contributed by atoms with E-state index >= 15 is 0 Å². The summed E-state index contributed by atoms with van der Waals surface area (Å²) in [6.07, 6.45) is -0.0770. The number of rotatable bonds is 6. The van der Waals surface area contributed by atoms with E-state index in [1.54, 1.807) is 51.1 Å². The van der Waals surface area contributed by atoms with Crippen LogP contribution in [0.15, 0.2) is 30.3 Å². The fourth-order valence-electron chi connectivity index (χ4n) is 1.72. The molecule has 6 heteroatoms. The molecule has 0 heterocycles. The van der Waals surface area contributed by atoms with E-state index in [-0.39, 0.29) is 13.0 Å². The van der Waals surface area contributed by atoms with E-state index < -0.39 is 23.6 Å². The number of nitrogens with zero attached hydrogens (tertiary/aromatic N) is 1. The average molecular weight is 309 g/mol. The van der Waals surface area contributed by atoms with Crippen LogP contribution in [0.25, 0.3) is 0 Å². The highest BCUT2D eigenvalue weighted by molar-refractivity contribution is 5.89. The van der Waals surface area contributed by atoms with Gasteiger partial charge in [-0.15, -0.1) is 5.06 Å². The average Bonchev–Trinajstić information content (AvgIpc) is 2.43. The van der Waals surface area contributed by atoms with E-state index in [4.69, 9.17) is 9.57 Å². The molecule has 0 aliphatic rings. The van der Waals surface area contributed by atoms with Crippen molar-refractivity contribution in [1.82, 2.24) is 5.06 Å². The highest BCUT2D eigenvalue weighted by Gasteiger charge is 2.25. The van der Waals surface area contributed by atoms with Gasteiger partial charge in [-0.25, -0.2) is 4.79 Å². The van der Waals surface area contributed by atoms with Crippen molar-refractivity contribution in [3.8, 4) is 0 Å². The predicted molar refractivity (Wildman–Crippen MR) is 81.0 cm³/mol. The summed E-state index contributed by atoms with van der Waals surface area (Å²) in [7, 11) is 1.49. The maximum Gasteiger partial charge on any atom is 0.357 e. The Morgan fingerprint density at radius 2 is 1.82 bits per heavy atom. The van der Waals surface area contributed by atoms with Crippen molar-refractivity contribution in [3.05, 3.63) is 35.9 Å². The summed E-state index contributed by atoms with van der Waals surface area (Å²) in [6.45, 7) is 4.95. The van der Waals surface area contributed by atoms with Gasteiger partial charge in [0.25, 0.3) is 0 Å². The summed E-state index contributed by atoms with van der Waals surface area (Å²) in [5, 5.41) is 10.6. The summed E-state index contributed by atoms with van der Waals surface area (Å²) in [5.74, 6) is -1.01. The van der Waals surface area contributed by atoms with Gasteiger partial charge in [0, 0.05) is 7.05 Å². The van der Waals surface area contributed by atoms with Crippen LogP contribution in [-0.2, 0) is 14.4 Å². The minimum atomic E-state index is -0.664. The topological polar surface area (TPSA) is 76.1 Å². The lowest BCUT2D eigenvalue weighted by atomic mass is 10.1. The number of likely N-dealkylation sites (N-methyl/N-ethyl adjacent to an activating group) is 1. The monoisotopic (exact) mass is 309 g/mol. The summed E-state index contributed by atoms with van der Waals surface area (Å²) in [6, 6.07) is 7.82. The van der Waals surface area contributed by atoms with E-state index in [0.29, 0.717) is 5.56 Å². The number of hydrogen-bond acceptors (Lipinski definition) is 6. The van der Waals surface area contributed by atoms with Crippen molar-refractivity contribution in [2.75, 3.05) is 13.7 Å². The summed E-state index contributed by atoms with van der Waals surface area (Å²) in [5.41, 5.74) is -0.209. The molecule has 0 bridgehead atoms. The molecule has 122 valence electrons. The van der Waals surface area contributed by atoms with E-state index in [1.807, 2.05) is 0 Å². The molecule has 1 aromatic carbocycles. The van der Waals surface area contributed by atoms with Crippen LogP contribution in [0.2, 0.25) is 0 Å². The van der Waals surface area contributed by atoms with E-state index in [0.717, 1.165) is 0 Å². The van der Waals surface area contributed by atoms with Gasteiger partial charge in [-0.1, -0.05) is 18.2 Å². The molecular formula is C16H23NO5. The van der Waals surface area contributed by atoms with E-state index in [1.165, 1.54) is 12.1 Å². The molecular weight excluding hydrogens is 286 g/mol. The molecule has 1 atom stereocenters. The van der Waals surface area contributed by atoms with E-state index in [9.17, 15) is 14.7 Å². The van der Waals surface area contributed by atoms with Gasteiger partial charge in [0.2, 0.25) is 0 Å². The van der Waals surface area contributed by atoms with Crippen LogP contribution in [-0.4, -0.2) is 47.4 Å². The maximum atomic E-state index is 11.9. The highest BCUT2D eigenvalue weighted by atomic mass is 16.7. The fourth-order valence-corrected chi connectivity index (χ4v) is 1.72. The van der Waals surface area contributed by atoms with Crippen molar-refractivity contribution in [2.24, 2.45) is 0 Å². The molecule has 0 saturated carbocycles. The van der Waals surface area contributed by atoms with Gasteiger partial charge in [-0.3, -0.25) is 4.79 Å². The second-order valence-corrected chi connectivity index (χ2v) is 5.92. The normalized spacial score (nSPS) is 12.8. The minimum absolute atomic E-state index is 0.0770. The first kappa shape index (κ1) is 18.1. The number of aliphatic hydroxyl groups is 1. The summed E-state index contributed by atoms with van der Waals surface area (Å²) in [4.78, 5) is 28.9. The Morgan fingerprint density at radius 1 is 1.23 bits per heavy atom. The molecule has 1 aromatic rings. The molecule has 0 spiro atoms. The third-order valence-electron chi connectivity index (χ3n) is 2.78. The zero-order valence-corrected chi connectivity index (χ0v) is 13.4. The molecule has 1 N–H and O–H groups in total. The number of carbonyl (C=O) groups is 2. The van der Waals surface area contributed by atoms with Crippen LogP contribution in [0.3, 0.4) is 0 Å². The molecule has 0 aromatic heterocycles. The number of aliphatic hydroxyl groups excluding tert-OH is 1. The number of hydroxylamine groups is 2. The standard InChI is InChI=1S/C16H23NO5/c1-16(2,3)21-14(19)10-13(11-18)17(4)22-15(20)12-8-6-5-7-9-12/h5-9,13,18H,10-11H2,1-4H3/t13-/m0/s1. The number of benzene rings is 1. The number of hydrogen-bond donors (Lipinski definition) is 1. The molecule has 0 radical (unpaired) electrons. The Morgan fingerprint density at radius 3 is 2.32 bits per heavy atom. The Labute approximate surface area is 130 Å². The van der Waals surface area contributed by atoms with Crippen LogP contribution >= 0.6 is 0 Å². The first-order chi connectivity index (χ1) is 10.2. The quantitative estimate of drug-likeness (QED) is 0.638. The SMILES string of the molecule is CN(OC(=O)c1ccccc1)[C@H](CO)CC(=O)OC(C)(C)C. The first-order valence-electron chi connectivity index (χ1n) is 7.06. The molecule has 22 heavy (non-hydrogen) atoms. The van der Waals surface area contributed by atoms with Crippen molar-refractivity contribution >= 4 is 11.9 Å². The molecule has 6 nitrogen and oxygen atoms in total. The summed E-state index contributed by atoms with van der Waals surface area (Å²) >= 11 is 0. The predicted octanol–water partition coefficient (Wildman–Crippen LogP) is 1.78. The van der Waals surface area contributed by atoms with Gasteiger partial charge in [-0.2, -0.15) is 0 Å². The molecule has 0 fully saturated rings. The Bertz CT molecular complexity index is 495. The van der Waals surface area contributed by atoms with Crippen molar-refractivity contribution in [3.63, 3.8) is 0 Å². The molecule has 0 saturated heterocycles. The van der Waals surface area contributed by atoms with Crippen molar-refractivity contribution in [2.45, 2.75) is 38.8 Å². The lowest BCUT2D eigenvalue weighted by molar-refractivity contribution is -0.166. The van der Waals surface area contributed by atoms with Gasteiger partial charge in [-0.05, 0) is 32.9 Å². The van der Waals surface area contributed by atoms with Crippen LogP contribution < -0.4 is 0 Å². The zero-order chi connectivity index (χ0) is 16.8. The lowest BCUT2D eigenvalue weighted by Crippen LogP contribution is -2.39. The van der Waals surface area contributed by atoms with Crippen LogP contribution in [0, 0.1) is 0 Å². The van der Waals surface area contributed by atoms with Crippen LogP contribution in [0.1, 0.15) is 37.6 Å². The second kappa shape index (κ2) is 7.91. The molecule has 0 unspecified atom stereocenters. The molecule has 1 rings (SSSR count). The van der Waals surface area contributed by atoms with Gasteiger partial charge in [0.05, 0.1) is 24.6 Å². The largest absolute Gasteiger partial charge is 0.460 e. The molecule has 0 aliphatic heterocycles. The zero-order valence-electron chi connectivity index (χ0n) is 13.4. The molecule has 0 aliphatic carbocycles. The third kappa shape index (κ3) is 6.24. The maximum absolute atomic E-state index is 11.9. The Kier molecular flexibility index (Phi) is 6.52. The molecule has 0 amide bonds. The number of carbonyl (C=O) groups excluding carboxylic acids is 2. The van der Waals surface area contributed by atoms with Crippen LogP contribution in [0.4, 0.5) is 0 Å². The Balaban J connectivity index is 2.59. The van der Waals surface area contributed by atoms with Crippen LogP contribution in [0.5, 0.6) is 0 Å². The Hall–Kier alpha value is -1.92. The van der Waals surface area contributed by atoms with Gasteiger partial charge in [0.15, 0.2) is 0 Å². The fraction of sp³-hybridized carbons (Fsp3) is 0.500. The smallest absolute Gasteiger partial charge is 0.357 e. The third-order valence-corrected chi connectivity index (χ3v) is 2.78. The number of ether oxygens (including phenoxy) is 1. The second-order valence-electron chi connectivity index (χ2n) is 5.92. The van der Waals surface area contributed by atoms with Crippen molar-refractivity contribution in [1.29, 1.82) is 0 Å². The van der Waals surface area contributed by atoms with Gasteiger partial charge < -0.3 is 14.7 Å². The lowest BCUT2D eigenvalue weighted by Gasteiger charge is -2.26. The summed E-state index contributed by atoms with van der Waals surface area (Å²) < 4.78 is 5.19. The van der Waals surface area contributed by atoms with E-state index in [2.05, 4.69) is 0 Å². The van der Waals surface area contributed by atoms with Gasteiger partial charge in [0.1, 0.15) is 5.60 Å². The minimum Gasteiger partial charge on any atom is -0.460 e. The van der Waals surface area contributed by atoms with Gasteiger partial charge >= 0.3 is 11.9 Å². The first-order valence-corrected chi connectivity index (χ1v) is 7.06. The van der Waals surface area contributed by atoms with Crippen molar-refractivity contribution < 1.29 is 24.3 Å². The number of esters is 1. The highest BCUT2D eigenvalue weighted by Crippen LogP contribution is 2.12.